The van der Waals surface area contributed by atoms with Crippen molar-refractivity contribution in [1.82, 2.24) is 4.31 Å². The van der Waals surface area contributed by atoms with Gasteiger partial charge in [0.2, 0.25) is 10.0 Å². The minimum Gasteiger partial charge on any atom is -0.466 e. The van der Waals surface area contributed by atoms with Crippen molar-refractivity contribution in [2.75, 3.05) is 19.7 Å². The van der Waals surface area contributed by atoms with Crippen molar-refractivity contribution >= 4 is 27.6 Å². The number of aryl methyl sites for hydroxylation is 1. The molecule has 5 nitrogen and oxygen atoms in total. The van der Waals surface area contributed by atoms with E-state index in [-0.39, 0.29) is 16.8 Å². The van der Waals surface area contributed by atoms with Crippen molar-refractivity contribution in [3.05, 3.63) is 28.8 Å². The Hall–Kier alpha value is -1.11. The fraction of sp³-hybridized carbons (Fsp3) is 0.533. The third-order valence-corrected chi connectivity index (χ3v) is 6.12. The molecule has 0 aliphatic carbocycles. The third-order valence-electron chi connectivity index (χ3n) is 3.83. The van der Waals surface area contributed by atoms with E-state index in [4.69, 9.17) is 16.3 Å². The summed E-state index contributed by atoms with van der Waals surface area (Å²) < 4.78 is 31.8. The van der Waals surface area contributed by atoms with Gasteiger partial charge in [-0.3, -0.25) is 4.79 Å². The van der Waals surface area contributed by atoms with Gasteiger partial charge < -0.3 is 4.74 Å². The highest BCUT2D eigenvalue weighted by molar-refractivity contribution is 7.89. The molecular weight excluding hydrogens is 326 g/mol. The van der Waals surface area contributed by atoms with E-state index in [1.165, 1.54) is 10.4 Å². The van der Waals surface area contributed by atoms with E-state index in [0.717, 1.165) is 0 Å². The van der Waals surface area contributed by atoms with E-state index in [1.54, 1.807) is 26.0 Å². The number of ether oxygens (including phenoxy) is 1. The lowest BCUT2D eigenvalue weighted by atomic mass is 9.98. The molecule has 1 heterocycles. The van der Waals surface area contributed by atoms with Crippen LogP contribution in [-0.4, -0.2) is 38.4 Å². The van der Waals surface area contributed by atoms with Gasteiger partial charge in [-0.2, -0.15) is 4.31 Å². The summed E-state index contributed by atoms with van der Waals surface area (Å²) in [5.74, 6) is -0.445. The van der Waals surface area contributed by atoms with Crippen LogP contribution in [0.5, 0.6) is 0 Å². The molecule has 1 aliphatic heterocycles. The summed E-state index contributed by atoms with van der Waals surface area (Å²) in [6.07, 6.45) is 0.982. The fourth-order valence-corrected chi connectivity index (χ4v) is 4.54. The van der Waals surface area contributed by atoms with Crippen molar-refractivity contribution in [1.29, 1.82) is 0 Å². The monoisotopic (exact) mass is 345 g/mol. The molecule has 1 aromatic carbocycles. The number of carbonyl (C=O) groups excluding carboxylic acids is 1. The molecule has 0 unspecified atom stereocenters. The Kier molecular flexibility index (Phi) is 5.47. The molecule has 0 spiro atoms. The van der Waals surface area contributed by atoms with Crippen molar-refractivity contribution in [3.8, 4) is 0 Å². The Morgan fingerprint density at radius 1 is 1.36 bits per heavy atom. The average molecular weight is 346 g/mol. The van der Waals surface area contributed by atoms with Crippen molar-refractivity contribution in [2.45, 2.75) is 31.6 Å². The van der Waals surface area contributed by atoms with Gasteiger partial charge in [0.1, 0.15) is 0 Å². The van der Waals surface area contributed by atoms with Crippen LogP contribution in [0.15, 0.2) is 23.1 Å². The molecule has 0 radical (unpaired) electrons. The van der Waals surface area contributed by atoms with Gasteiger partial charge in [0.05, 0.1) is 17.4 Å². The highest BCUT2D eigenvalue weighted by atomic mass is 35.5. The van der Waals surface area contributed by atoms with Crippen LogP contribution in [-0.2, 0) is 19.6 Å². The molecule has 0 bridgehead atoms. The first-order valence-electron chi connectivity index (χ1n) is 7.29. The lowest BCUT2D eigenvalue weighted by Gasteiger charge is -2.30. The first kappa shape index (κ1) is 17.2. The Balaban J connectivity index is 2.11. The van der Waals surface area contributed by atoms with Crippen molar-refractivity contribution in [2.24, 2.45) is 5.92 Å². The second kappa shape index (κ2) is 6.98. The van der Waals surface area contributed by atoms with Gasteiger partial charge >= 0.3 is 5.97 Å². The largest absolute Gasteiger partial charge is 0.466 e. The van der Waals surface area contributed by atoms with E-state index >= 15 is 0 Å². The van der Waals surface area contributed by atoms with Crippen LogP contribution >= 0.6 is 11.6 Å². The Morgan fingerprint density at radius 3 is 2.55 bits per heavy atom. The first-order valence-corrected chi connectivity index (χ1v) is 9.11. The van der Waals surface area contributed by atoms with Gasteiger partial charge in [-0.15, -0.1) is 0 Å². The summed E-state index contributed by atoms with van der Waals surface area (Å²) in [5.41, 5.74) is 0.625. The normalized spacial score (nSPS) is 17.4. The molecule has 0 saturated carbocycles. The number of piperidine rings is 1. The molecule has 0 aromatic heterocycles. The number of benzene rings is 1. The second-order valence-corrected chi connectivity index (χ2v) is 7.68. The number of hydrogen-bond donors (Lipinski definition) is 0. The van der Waals surface area contributed by atoms with Gasteiger partial charge in [0.15, 0.2) is 0 Å². The topological polar surface area (TPSA) is 63.7 Å². The molecular formula is C15H20ClNO4S. The quantitative estimate of drug-likeness (QED) is 0.787. The second-order valence-electron chi connectivity index (χ2n) is 5.34. The molecule has 1 aliphatic rings. The van der Waals surface area contributed by atoms with E-state index in [0.29, 0.717) is 43.1 Å². The SMILES string of the molecule is CCOC(=O)C1CCN(S(=O)(=O)c2ccc(Cl)cc2C)CC1. The smallest absolute Gasteiger partial charge is 0.309 e. The maximum Gasteiger partial charge on any atom is 0.309 e. The number of hydrogen-bond acceptors (Lipinski definition) is 4. The minimum absolute atomic E-state index is 0.210. The number of rotatable bonds is 4. The zero-order valence-electron chi connectivity index (χ0n) is 12.7. The standard InChI is InChI=1S/C15H20ClNO4S/c1-3-21-15(18)12-6-8-17(9-7-12)22(19,20)14-5-4-13(16)10-11(14)2/h4-5,10,12H,3,6-9H2,1-2H3. The third kappa shape index (κ3) is 3.62. The molecule has 0 amide bonds. The Labute approximate surface area is 136 Å². The number of esters is 1. The molecule has 0 atom stereocenters. The first-order chi connectivity index (χ1) is 10.4. The molecule has 1 saturated heterocycles. The van der Waals surface area contributed by atoms with Crippen LogP contribution < -0.4 is 0 Å². The van der Waals surface area contributed by atoms with Crippen LogP contribution in [0.4, 0.5) is 0 Å². The summed E-state index contributed by atoms with van der Waals surface area (Å²) in [5, 5.41) is 0.512. The number of carbonyl (C=O) groups is 1. The summed E-state index contributed by atoms with van der Waals surface area (Å²) >= 11 is 5.88. The van der Waals surface area contributed by atoms with Gasteiger partial charge in [0, 0.05) is 18.1 Å². The van der Waals surface area contributed by atoms with Crippen LogP contribution in [0.1, 0.15) is 25.3 Å². The van der Waals surface area contributed by atoms with Crippen LogP contribution in [0.25, 0.3) is 0 Å². The fourth-order valence-electron chi connectivity index (χ4n) is 2.63. The lowest BCUT2D eigenvalue weighted by Crippen LogP contribution is -2.40. The molecule has 7 heteroatoms. The van der Waals surface area contributed by atoms with E-state index in [1.807, 2.05) is 0 Å². The summed E-state index contributed by atoms with van der Waals surface area (Å²) in [7, 11) is -3.55. The molecule has 1 aromatic rings. The molecule has 22 heavy (non-hydrogen) atoms. The Morgan fingerprint density at radius 2 is 2.00 bits per heavy atom. The van der Waals surface area contributed by atoms with Gasteiger partial charge in [-0.05, 0) is 50.5 Å². The zero-order valence-corrected chi connectivity index (χ0v) is 14.3. The van der Waals surface area contributed by atoms with Crippen LogP contribution in [0.3, 0.4) is 0 Å². The predicted molar refractivity (Wildman–Crippen MR) is 84.3 cm³/mol. The van der Waals surface area contributed by atoms with Gasteiger partial charge in [-0.1, -0.05) is 11.6 Å². The Bertz CT molecular complexity index is 652. The van der Waals surface area contributed by atoms with E-state index in [9.17, 15) is 13.2 Å². The summed E-state index contributed by atoms with van der Waals surface area (Å²) in [6.45, 7) is 4.49. The maximum atomic E-state index is 12.7. The molecule has 122 valence electrons. The van der Waals surface area contributed by atoms with Crippen molar-refractivity contribution in [3.63, 3.8) is 0 Å². The molecule has 1 fully saturated rings. The zero-order chi connectivity index (χ0) is 16.3. The van der Waals surface area contributed by atoms with E-state index in [2.05, 4.69) is 0 Å². The minimum atomic E-state index is -3.55. The number of nitrogens with zero attached hydrogens (tertiary/aromatic N) is 1. The predicted octanol–water partition coefficient (Wildman–Crippen LogP) is 2.61. The van der Waals surface area contributed by atoms with Crippen LogP contribution in [0, 0.1) is 12.8 Å². The summed E-state index contributed by atoms with van der Waals surface area (Å²) in [6, 6.07) is 4.75. The van der Waals surface area contributed by atoms with Gasteiger partial charge in [0.25, 0.3) is 0 Å². The highest BCUT2D eigenvalue weighted by Gasteiger charge is 2.33. The maximum absolute atomic E-state index is 12.7. The number of sulfonamides is 1. The average Bonchev–Trinajstić information content (AvgIpc) is 2.47. The lowest BCUT2D eigenvalue weighted by molar-refractivity contribution is -0.149. The van der Waals surface area contributed by atoms with Gasteiger partial charge in [-0.25, -0.2) is 8.42 Å². The summed E-state index contributed by atoms with van der Waals surface area (Å²) in [4.78, 5) is 12.0. The molecule has 2 rings (SSSR count). The van der Waals surface area contributed by atoms with Crippen LogP contribution in [0.2, 0.25) is 5.02 Å². The number of halogens is 1. The highest BCUT2D eigenvalue weighted by Crippen LogP contribution is 2.27. The molecule has 0 N–H and O–H groups in total. The van der Waals surface area contributed by atoms with Crippen molar-refractivity contribution < 1.29 is 17.9 Å². The van der Waals surface area contributed by atoms with E-state index < -0.39 is 10.0 Å².